The van der Waals surface area contributed by atoms with E-state index in [-0.39, 0.29) is 30.5 Å². The van der Waals surface area contributed by atoms with Crippen molar-refractivity contribution in [2.75, 3.05) is 6.54 Å². The molecule has 0 aliphatic heterocycles. The van der Waals surface area contributed by atoms with Crippen LogP contribution in [-0.2, 0) is 11.2 Å². The number of carbonyl (C=O) groups is 1. The van der Waals surface area contributed by atoms with E-state index in [9.17, 15) is 19.4 Å². The Morgan fingerprint density at radius 2 is 2.15 bits per heavy atom. The average Bonchev–Trinajstić information content (AvgIpc) is 2.37. The standard InChI is InChI=1S/C12H14FN3O4/c13-9-5-7(6-11(18)19)1-2-8(9)12(20)10(17)3-4-15-16-14/h1-2,5,10,12,17,20H,3-4,6H2,(H,18,19). The molecule has 7 nitrogen and oxygen atoms in total. The minimum Gasteiger partial charge on any atom is -0.481 e. The number of aliphatic carboxylic acids is 1. The second-order valence-corrected chi connectivity index (χ2v) is 4.18. The molecule has 0 bridgehead atoms. The lowest BCUT2D eigenvalue weighted by Gasteiger charge is -2.18. The second-order valence-electron chi connectivity index (χ2n) is 4.18. The van der Waals surface area contributed by atoms with Gasteiger partial charge in [-0.25, -0.2) is 4.39 Å². The molecule has 2 unspecified atom stereocenters. The quantitative estimate of drug-likeness (QED) is 0.398. The summed E-state index contributed by atoms with van der Waals surface area (Å²) < 4.78 is 13.8. The van der Waals surface area contributed by atoms with Gasteiger partial charge in [-0.2, -0.15) is 0 Å². The third kappa shape index (κ3) is 4.51. The predicted octanol–water partition coefficient (Wildman–Crippen LogP) is 1.55. The highest BCUT2D eigenvalue weighted by molar-refractivity contribution is 5.70. The van der Waals surface area contributed by atoms with Gasteiger partial charge in [-0.05, 0) is 23.6 Å². The maximum atomic E-state index is 13.8. The van der Waals surface area contributed by atoms with Crippen LogP contribution in [0.3, 0.4) is 0 Å². The first-order chi connectivity index (χ1) is 9.45. The number of carboxylic acids is 1. The molecule has 8 heteroatoms. The highest BCUT2D eigenvalue weighted by Crippen LogP contribution is 2.23. The molecule has 0 radical (unpaired) electrons. The molecular weight excluding hydrogens is 269 g/mol. The maximum Gasteiger partial charge on any atom is 0.307 e. The van der Waals surface area contributed by atoms with Crippen LogP contribution in [0.1, 0.15) is 23.7 Å². The van der Waals surface area contributed by atoms with Gasteiger partial charge >= 0.3 is 5.97 Å². The molecule has 0 aromatic heterocycles. The van der Waals surface area contributed by atoms with Crippen molar-refractivity contribution in [3.8, 4) is 0 Å². The van der Waals surface area contributed by atoms with Gasteiger partial charge in [0.25, 0.3) is 0 Å². The Kier molecular flexibility index (Phi) is 5.92. The second kappa shape index (κ2) is 7.44. The number of hydrogen-bond donors (Lipinski definition) is 3. The Labute approximate surface area is 113 Å². The van der Waals surface area contributed by atoms with E-state index in [2.05, 4.69) is 10.0 Å². The zero-order valence-electron chi connectivity index (χ0n) is 10.5. The minimum atomic E-state index is -1.47. The Morgan fingerprint density at radius 3 is 2.70 bits per heavy atom. The molecule has 0 heterocycles. The van der Waals surface area contributed by atoms with E-state index in [0.717, 1.165) is 6.07 Å². The molecule has 0 fully saturated rings. The topological polar surface area (TPSA) is 127 Å². The molecule has 2 atom stereocenters. The normalized spacial score (nSPS) is 13.3. The molecule has 0 saturated carbocycles. The zero-order valence-corrected chi connectivity index (χ0v) is 10.5. The van der Waals surface area contributed by atoms with Crippen molar-refractivity contribution >= 4 is 5.97 Å². The Morgan fingerprint density at radius 1 is 1.45 bits per heavy atom. The lowest BCUT2D eigenvalue weighted by atomic mass is 9.99. The summed E-state index contributed by atoms with van der Waals surface area (Å²) in [4.78, 5) is 13.0. The summed E-state index contributed by atoms with van der Waals surface area (Å²) in [6, 6.07) is 3.61. The summed E-state index contributed by atoms with van der Waals surface area (Å²) in [5.74, 6) is -1.88. The summed E-state index contributed by atoms with van der Waals surface area (Å²) in [6.07, 6.45) is -3.09. The van der Waals surface area contributed by atoms with E-state index in [4.69, 9.17) is 10.6 Å². The van der Waals surface area contributed by atoms with Crippen molar-refractivity contribution in [1.82, 2.24) is 0 Å². The fraction of sp³-hybridized carbons (Fsp3) is 0.417. The number of rotatable bonds is 7. The van der Waals surface area contributed by atoms with Gasteiger partial charge in [0.1, 0.15) is 11.9 Å². The van der Waals surface area contributed by atoms with E-state index >= 15 is 0 Å². The molecule has 20 heavy (non-hydrogen) atoms. The first kappa shape index (κ1) is 15.9. The fourth-order valence-electron chi connectivity index (χ4n) is 1.69. The monoisotopic (exact) mass is 283 g/mol. The van der Waals surface area contributed by atoms with Crippen LogP contribution in [0.4, 0.5) is 4.39 Å². The lowest BCUT2D eigenvalue weighted by molar-refractivity contribution is -0.136. The number of nitrogens with zero attached hydrogens (tertiary/aromatic N) is 3. The molecule has 0 aliphatic rings. The molecule has 0 spiro atoms. The zero-order chi connectivity index (χ0) is 15.1. The highest BCUT2D eigenvalue weighted by Gasteiger charge is 2.21. The Balaban J connectivity index is 2.79. The van der Waals surface area contributed by atoms with Crippen LogP contribution in [0.25, 0.3) is 10.4 Å². The highest BCUT2D eigenvalue weighted by atomic mass is 19.1. The summed E-state index contributed by atoms with van der Waals surface area (Å²) in [5.41, 5.74) is 8.21. The van der Waals surface area contributed by atoms with Crippen LogP contribution >= 0.6 is 0 Å². The number of halogens is 1. The van der Waals surface area contributed by atoms with Gasteiger partial charge in [-0.1, -0.05) is 17.2 Å². The number of aliphatic hydroxyl groups excluding tert-OH is 2. The number of benzene rings is 1. The molecule has 0 aliphatic carbocycles. The van der Waals surface area contributed by atoms with Crippen molar-refractivity contribution in [3.63, 3.8) is 0 Å². The molecule has 0 saturated heterocycles. The SMILES string of the molecule is [N-]=[N+]=NCCC(O)C(O)c1ccc(CC(=O)O)cc1F. The summed E-state index contributed by atoms with van der Waals surface area (Å²) >= 11 is 0. The molecule has 0 amide bonds. The van der Waals surface area contributed by atoms with Crippen molar-refractivity contribution in [1.29, 1.82) is 0 Å². The largest absolute Gasteiger partial charge is 0.481 e. The fourth-order valence-corrected chi connectivity index (χ4v) is 1.69. The molecule has 1 aromatic carbocycles. The molecular formula is C12H14FN3O4. The minimum absolute atomic E-state index is 0.0124. The number of aliphatic hydroxyl groups is 2. The van der Waals surface area contributed by atoms with Crippen LogP contribution in [0.2, 0.25) is 0 Å². The molecule has 1 aromatic rings. The van der Waals surface area contributed by atoms with Gasteiger partial charge in [-0.15, -0.1) is 0 Å². The van der Waals surface area contributed by atoms with E-state index in [1.165, 1.54) is 12.1 Å². The third-order valence-corrected chi connectivity index (χ3v) is 2.69. The smallest absolute Gasteiger partial charge is 0.307 e. The van der Waals surface area contributed by atoms with Crippen LogP contribution in [-0.4, -0.2) is 33.9 Å². The molecule has 3 N–H and O–H groups in total. The predicted molar refractivity (Wildman–Crippen MR) is 67.3 cm³/mol. The van der Waals surface area contributed by atoms with E-state index < -0.39 is 24.0 Å². The van der Waals surface area contributed by atoms with Crippen LogP contribution in [0.15, 0.2) is 23.3 Å². The van der Waals surface area contributed by atoms with Crippen molar-refractivity contribution < 1.29 is 24.5 Å². The van der Waals surface area contributed by atoms with E-state index in [0.29, 0.717) is 0 Å². The van der Waals surface area contributed by atoms with Crippen LogP contribution in [0, 0.1) is 5.82 Å². The van der Waals surface area contributed by atoms with Gasteiger partial charge in [-0.3, -0.25) is 4.79 Å². The van der Waals surface area contributed by atoms with Crippen molar-refractivity contribution in [2.45, 2.75) is 25.0 Å². The first-order valence-electron chi connectivity index (χ1n) is 5.82. The number of hydrogen-bond acceptors (Lipinski definition) is 4. The summed E-state index contributed by atoms with van der Waals surface area (Å²) in [7, 11) is 0. The van der Waals surface area contributed by atoms with Gasteiger partial charge in [0.2, 0.25) is 0 Å². The van der Waals surface area contributed by atoms with E-state index in [1.807, 2.05) is 0 Å². The van der Waals surface area contributed by atoms with Crippen molar-refractivity contribution in [2.24, 2.45) is 5.11 Å². The van der Waals surface area contributed by atoms with Crippen LogP contribution in [0.5, 0.6) is 0 Å². The van der Waals surface area contributed by atoms with Gasteiger partial charge < -0.3 is 15.3 Å². The number of azide groups is 1. The summed E-state index contributed by atoms with van der Waals surface area (Å²) in [6.45, 7) is -0.0204. The van der Waals surface area contributed by atoms with E-state index in [1.54, 1.807) is 0 Å². The third-order valence-electron chi connectivity index (χ3n) is 2.69. The average molecular weight is 283 g/mol. The first-order valence-corrected chi connectivity index (χ1v) is 5.82. The van der Waals surface area contributed by atoms with Gasteiger partial charge in [0.05, 0.1) is 12.5 Å². The summed E-state index contributed by atoms with van der Waals surface area (Å²) in [5, 5.41) is 31.2. The van der Waals surface area contributed by atoms with Gasteiger partial charge in [0.15, 0.2) is 0 Å². The van der Waals surface area contributed by atoms with Crippen LogP contribution < -0.4 is 0 Å². The van der Waals surface area contributed by atoms with Gasteiger partial charge in [0, 0.05) is 17.0 Å². The number of carboxylic acid groups (broad SMARTS) is 1. The molecule has 108 valence electrons. The Bertz CT molecular complexity index is 531. The maximum absolute atomic E-state index is 13.8. The Hall–Kier alpha value is -2.15. The lowest BCUT2D eigenvalue weighted by Crippen LogP contribution is -2.20. The van der Waals surface area contributed by atoms with Crippen molar-refractivity contribution in [3.05, 3.63) is 45.6 Å². The molecule has 1 rings (SSSR count).